The van der Waals surface area contributed by atoms with Crippen molar-refractivity contribution >= 4 is 12.1 Å². The van der Waals surface area contributed by atoms with E-state index >= 15 is 0 Å². The third-order valence-electron chi connectivity index (χ3n) is 1.98. The Morgan fingerprint density at radius 3 is 2.94 bits per heavy atom. The van der Waals surface area contributed by atoms with Crippen molar-refractivity contribution in [3.8, 4) is 5.75 Å². The first kappa shape index (κ1) is 13.2. The number of hydrogen-bond donors (Lipinski definition) is 2. The molecule has 0 aliphatic rings. The summed E-state index contributed by atoms with van der Waals surface area (Å²) in [5.41, 5.74) is 2.99. The number of hydrogen-bond acceptors (Lipinski definition) is 4. The van der Waals surface area contributed by atoms with E-state index in [4.69, 9.17) is 9.84 Å². The Kier molecular flexibility index (Phi) is 5.16. The second-order valence-corrected chi connectivity index (χ2v) is 3.38. The van der Waals surface area contributed by atoms with Gasteiger partial charge in [0.15, 0.2) is 0 Å². The summed E-state index contributed by atoms with van der Waals surface area (Å²) in [6.45, 7) is 3.83. The van der Waals surface area contributed by atoms with Gasteiger partial charge in [0, 0.05) is 5.56 Å². The van der Waals surface area contributed by atoms with E-state index in [9.17, 15) is 4.79 Å². The Bertz CT molecular complexity index is 402. The number of aliphatic hydroxyl groups is 1. The number of aliphatic hydroxyl groups excluding tert-OH is 1. The maximum absolute atomic E-state index is 11.0. The number of hydrazone groups is 1. The molecule has 0 aliphatic heterocycles. The minimum Gasteiger partial charge on any atom is -0.493 e. The second-order valence-electron chi connectivity index (χ2n) is 3.38. The van der Waals surface area contributed by atoms with Crippen molar-refractivity contribution in [1.29, 1.82) is 0 Å². The monoisotopic (exact) mass is 236 g/mol. The molecule has 0 heterocycles. The molecule has 1 aromatic rings. The Balaban J connectivity index is 2.67. The quantitative estimate of drug-likeness (QED) is 0.590. The molecule has 1 aromatic carbocycles. The highest BCUT2D eigenvalue weighted by Gasteiger charge is 2.06. The summed E-state index contributed by atoms with van der Waals surface area (Å²) in [6, 6.07) is 7.35. The Morgan fingerprint density at radius 1 is 1.59 bits per heavy atom. The summed E-state index contributed by atoms with van der Waals surface area (Å²) in [4.78, 5) is 11.0. The first-order valence-electron chi connectivity index (χ1n) is 5.38. The van der Waals surface area contributed by atoms with Crippen LogP contribution in [0.5, 0.6) is 5.75 Å². The highest BCUT2D eigenvalue weighted by atomic mass is 16.5. The molecule has 0 bridgehead atoms. The largest absolute Gasteiger partial charge is 0.493 e. The zero-order valence-corrected chi connectivity index (χ0v) is 9.88. The van der Waals surface area contributed by atoms with E-state index in [2.05, 4.69) is 10.5 Å². The Morgan fingerprint density at radius 2 is 2.29 bits per heavy atom. The Hall–Kier alpha value is -1.88. The number of ether oxygens (including phenoxy) is 1. The maximum Gasteiger partial charge on any atom is 0.268 e. The molecule has 0 spiro atoms. The number of nitrogens with zero attached hydrogens (tertiary/aromatic N) is 1. The molecule has 1 atom stereocenters. The van der Waals surface area contributed by atoms with Crippen molar-refractivity contribution in [3.63, 3.8) is 0 Å². The number of carbonyl (C=O) groups is 1. The summed E-state index contributed by atoms with van der Waals surface area (Å²) in [5.74, 6) is 0.153. The van der Waals surface area contributed by atoms with Crippen LogP contribution in [0.1, 0.15) is 19.4 Å². The van der Waals surface area contributed by atoms with Gasteiger partial charge in [-0.1, -0.05) is 12.1 Å². The number of rotatable bonds is 5. The van der Waals surface area contributed by atoms with Crippen LogP contribution in [0.3, 0.4) is 0 Å². The van der Waals surface area contributed by atoms with Gasteiger partial charge in [-0.25, -0.2) is 5.43 Å². The summed E-state index contributed by atoms with van der Waals surface area (Å²) in [5, 5.41) is 12.7. The van der Waals surface area contributed by atoms with Crippen LogP contribution in [0.25, 0.3) is 0 Å². The van der Waals surface area contributed by atoms with E-state index in [0.29, 0.717) is 12.4 Å². The van der Waals surface area contributed by atoms with Gasteiger partial charge in [-0.2, -0.15) is 5.10 Å². The van der Waals surface area contributed by atoms with Crippen LogP contribution in [0.2, 0.25) is 0 Å². The molecule has 1 rings (SSSR count). The summed E-state index contributed by atoms with van der Waals surface area (Å²) in [7, 11) is 0. The van der Waals surface area contributed by atoms with Gasteiger partial charge in [-0.05, 0) is 26.0 Å². The molecular formula is C12H16N2O3. The summed E-state index contributed by atoms with van der Waals surface area (Å²) < 4.78 is 5.39. The van der Waals surface area contributed by atoms with Gasteiger partial charge < -0.3 is 9.84 Å². The van der Waals surface area contributed by atoms with Gasteiger partial charge in [0.1, 0.15) is 11.9 Å². The molecule has 0 radical (unpaired) electrons. The highest BCUT2D eigenvalue weighted by Crippen LogP contribution is 2.15. The van der Waals surface area contributed by atoms with Crippen LogP contribution in [-0.4, -0.2) is 29.9 Å². The fourth-order valence-corrected chi connectivity index (χ4v) is 1.13. The van der Waals surface area contributed by atoms with Gasteiger partial charge in [-0.3, -0.25) is 4.79 Å². The molecule has 5 nitrogen and oxygen atoms in total. The van der Waals surface area contributed by atoms with E-state index < -0.39 is 12.0 Å². The van der Waals surface area contributed by atoms with Crippen LogP contribution < -0.4 is 10.2 Å². The molecule has 0 saturated carbocycles. The van der Waals surface area contributed by atoms with E-state index in [0.717, 1.165) is 5.56 Å². The number of nitrogens with one attached hydrogen (secondary N) is 1. The van der Waals surface area contributed by atoms with Gasteiger partial charge in [0.05, 0.1) is 12.8 Å². The minimum atomic E-state index is -1.07. The molecule has 0 fully saturated rings. The molecule has 2 N–H and O–H groups in total. The number of amides is 1. The normalized spacial score (nSPS) is 12.4. The van der Waals surface area contributed by atoms with Crippen molar-refractivity contribution < 1.29 is 14.6 Å². The van der Waals surface area contributed by atoms with Crippen molar-refractivity contribution in [3.05, 3.63) is 29.8 Å². The second kappa shape index (κ2) is 6.65. The molecule has 0 aliphatic carbocycles. The molecule has 0 aromatic heterocycles. The lowest BCUT2D eigenvalue weighted by Crippen LogP contribution is -2.28. The van der Waals surface area contributed by atoms with Crippen LogP contribution >= 0.6 is 0 Å². The first-order chi connectivity index (χ1) is 8.15. The highest BCUT2D eigenvalue weighted by molar-refractivity contribution is 5.86. The smallest absolute Gasteiger partial charge is 0.268 e. The van der Waals surface area contributed by atoms with E-state index in [1.54, 1.807) is 0 Å². The van der Waals surface area contributed by atoms with Gasteiger partial charge in [0.2, 0.25) is 0 Å². The van der Waals surface area contributed by atoms with E-state index in [1.165, 1.54) is 13.1 Å². The molecule has 5 heteroatoms. The van der Waals surface area contributed by atoms with Crippen LogP contribution in [-0.2, 0) is 4.79 Å². The summed E-state index contributed by atoms with van der Waals surface area (Å²) in [6.07, 6.45) is 0.403. The third-order valence-corrected chi connectivity index (χ3v) is 1.98. The molecule has 17 heavy (non-hydrogen) atoms. The summed E-state index contributed by atoms with van der Waals surface area (Å²) >= 11 is 0. The zero-order valence-electron chi connectivity index (χ0n) is 9.88. The SMILES string of the molecule is CCOc1ccccc1C=NNC(=O)C(C)O. The molecule has 0 saturated heterocycles. The van der Waals surface area contributed by atoms with Crippen LogP contribution in [0.4, 0.5) is 0 Å². The fourth-order valence-electron chi connectivity index (χ4n) is 1.13. The Labute approximate surface area is 100 Å². The lowest BCUT2D eigenvalue weighted by molar-refractivity contribution is -0.128. The van der Waals surface area contributed by atoms with Crippen LogP contribution in [0.15, 0.2) is 29.4 Å². The maximum atomic E-state index is 11.0. The standard InChI is InChI=1S/C12H16N2O3/c1-3-17-11-7-5-4-6-10(11)8-13-14-12(16)9(2)15/h4-9,15H,3H2,1-2H3,(H,14,16). The van der Waals surface area contributed by atoms with Crippen molar-refractivity contribution in [2.45, 2.75) is 20.0 Å². The topological polar surface area (TPSA) is 70.9 Å². The van der Waals surface area contributed by atoms with Crippen molar-refractivity contribution in [2.24, 2.45) is 5.10 Å². The van der Waals surface area contributed by atoms with Crippen molar-refractivity contribution in [2.75, 3.05) is 6.61 Å². The van der Waals surface area contributed by atoms with Gasteiger partial charge in [0.25, 0.3) is 5.91 Å². The average molecular weight is 236 g/mol. The lowest BCUT2D eigenvalue weighted by Gasteiger charge is -2.06. The molecule has 1 unspecified atom stereocenters. The van der Waals surface area contributed by atoms with Crippen LogP contribution in [0, 0.1) is 0 Å². The molecule has 1 amide bonds. The van der Waals surface area contributed by atoms with E-state index in [1.807, 2.05) is 31.2 Å². The number of carbonyl (C=O) groups excluding carboxylic acids is 1. The third kappa shape index (κ3) is 4.24. The fraction of sp³-hybridized carbons (Fsp3) is 0.333. The molecule has 92 valence electrons. The predicted octanol–water partition coefficient (Wildman–Crippen LogP) is 0.916. The number of benzene rings is 1. The lowest BCUT2D eigenvalue weighted by atomic mass is 10.2. The zero-order chi connectivity index (χ0) is 12.7. The average Bonchev–Trinajstić information content (AvgIpc) is 2.31. The van der Waals surface area contributed by atoms with Gasteiger partial charge in [-0.15, -0.1) is 0 Å². The first-order valence-corrected chi connectivity index (χ1v) is 5.38. The molecular weight excluding hydrogens is 220 g/mol. The number of para-hydroxylation sites is 1. The van der Waals surface area contributed by atoms with Crippen molar-refractivity contribution in [1.82, 2.24) is 5.43 Å². The minimum absolute atomic E-state index is 0.546. The predicted molar refractivity (Wildman–Crippen MR) is 65.0 cm³/mol. The van der Waals surface area contributed by atoms with E-state index in [-0.39, 0.29) is 0 Å². The van der Waals surface area contributed by atoms with Gasteiger partial charge >= 0.3 is 0 Å².